The van der Waals surface area contributed by atoms with Gasteiger partial charge in [0.05, 0.1) is 11.1 Å². The Hall–Kier alpha value is -2.89. The Morgan fingerprint density at radius 1 is 0.920 bits per heavy atom. The summed E-state index contributed by atoms with van der Waals surface area (Å²) in [5.41, 5.74) is -0.443. The first kappa shape index (κ1) is 18.4. The fourth-order valence-electron chi connectivity index (χ4n) is 2.32. The van der Waals surface area contributed by atoms with Gasteiger partial charge in [-0.2, -0.15) is 0 Å². The molecule has 2 aromatic rings. The fourth-order valence-corrected chi connectivity index (χ4v) is 2.32. The van der Waals surface area contributed by atoms with Crippen LogP contribution >= 0.6 is 0 Å². The SMILES string of the molecule is CC(C)(C)C(=O)NCCNC(=O)c1cc2ccccc2cc1C(=O)O. The van der Waals surface area contributed by atoms with E-state index in [4.69, 9.17) is 0 Å². The molecule has 132 valence electrons. The maximum absolute atomic E-state index is 12.4. The number of carboxylic acid groups (broad SMARTS) is 1. The van der Waals surface area contributed by atoms with E-state index in [0.717, 1.165) is 10.8 Å². The zero-order chi connectivity index (χ0) is 18.6. The highest BCUT2D eigenvalue weighted by atomic mass is 16.4. The van der Waals surface area contributed by atoms with E-state index < -0.39 is 17.3 Å². The Balaban J connectivity index is 2.09. The lowest BCUT2D eigenvalue weighted by atomic mass is 9.96. The predicted molar refractivity (Wildman–Crippen MR) is 95.7 cm³/mol. The number of benzene rings is 2. The van der Waals surface area contributed by atoms with Crippen LogP contribution in [-0.2, 0) is 4.79 Å². The molecule has 2 amide bonds. The first-order chi connectivity index (χ1) is 11.7. The highest BCUT2D eigenvalue weighted by Gasteiger charge is 2.21. The van der Waals surface area contributed by atoms with Crippen LogP contribution in [0.25, 0.3) is 10.8 Å². The van der Waals surface area contributed by atoms with E-state index >= 15 is 0 Å². The number of amides is 2. The lowest BCUT2D eigenvalue weighted by Gasteiger charge is -2.17. The second-order valence-corrected chi connectivity index (χ2v) is 6.81. The molecule has 0 atom stereocenters. The van der Waals surface area contributed by atoms with Gasteiger partial charge in [0.15, 0.2) is 0 Å². The number of fused-ring (bicyclic) bond motifs is 1. The van der Waals surface area contributed by atoms with Gasteiger partial charge in [-0.25, -0.2) is 4.79 Å². The molecule has 2 aromatic carbocycles. The molecule has 0 saturated heterocycles. The van der Waals surface area contributed by atoms with Crippen molar-refractivity contribution in [1.29, 1.82) is 0 Å². The topological polar surface area (TPSA) is 95.5 Å². The summed E-state index contributed by atoms with van der Waals surface area (Å²) in [5.74, 6) is -1.75. The van der Waals surface area contributed by atoms with Crippen LogP contribution < -0.4 is 10.6 Å². The molecule has 0 bridgehead atoms. The van der Waals surface area contributed by atoms with E-state index in [1.165, 1.54) is 6.07 Å². The average Bonchev–Trinajstić information content (AvgIpc) is 2.56. The van der Waals surface area contributed by atoms with Gasteiger partial charge in [0.25, 0.3) is 5.91 Å². The number of carboxylic acids is 1. The Kier molecular flexibility index (Phi) is 5.41. The molecule has 3 N–H and O–H groups in total. The van der Waals surface area contributed by atoms with Crippen molar-refractivity contribution in [3.63, 3.8) is 0 Å². The molecule has 2 rings (SSSR count). The molecule has 0 aliphatic rings. The molecule has 0 radical (unpaired) electrons. The second-order valence-electron chi connectivity index (χ2n) is 6.81. The summed E-state index contributed by atoms with van der Waals surface area (Å²) in [4.78, 5) is 35.6. The minimum Gasteiger partial charge on any atom is -0.478 e. The van der Waals surface area contributed by atoms with Crippen LogP contribution in [0.1, 0.15) is 41.5 Å². The van der Waals surface area contributed by atoms with Crippen LogP contribution in [0, 0.1) is 5.41 Å². The van der Waals surface area contributed by atoms with E-state index in [1.807, 2.05) is 18.2 Å². The first-order valence-corrected chi connectivity index (χ1v) is 8.03. The number of carbonyl (C=O) groups excluding carboxylic acids is 2. The van der Waals surface area contributed by atoms with Gasteiger partial charge in [-0.1, -0.05) is 45.0 Å². The summed E-state index contributed by atoms with van der Waals surface area (Å²) < 4.78 is 0. The molecular formula is C19H22N2O4. The minimum absolute atomic E-state index is 0.0464. The third-order valence-corrected chi connectivity index (χ3v) is 3.74. The third-order valence-electron chi connectivity index (χ3n) is 3.74. The molecular weight excluding hydrogens is 320 g/mol. The van der Waals surface area contributed by atoms with Crippen LogP contribution in [0.4, 0.5) is 0 Å². The van der Waals surface area contributed by atoms with Crippen molar-refractivity contribution in [2.45, 2.75) is 20.8 Å². The maximum atomic E-state index is 12.4. The predicted octanol–water partition coefficient (Wildman–Crippen LogP) is 2.43. The Labute approximate surface area is 146 Å². The van der Waals surface area contributed by atoms with Crippen LogP contribution in [0.15, 0.2) is 36.4 Å². The van der Waals surface area contributed by atoms with Gasteiger partial charge < -0.3 is 15.7 Å². The quantitative estimate of drug-likeness (QED) is 0.727. The first-order valence-electron chi connectivity index (χ1n) is 8.03. The molecule has 0 saturated carbocycles. The minimum atomic E-state index is -1.16. The zero-order valence-electron chi connectivity index (χ0n) is 14.6. The van der Waals surface area contributed by atoms with Crippen LogP contribution in [0.3, 0.4) is 0 Å². The van der Waals surface area contributed by atoms with Crippen LogP contribution in [-0.4, -0.2) is 36.0 Å². The molecule has 0 aromatic heterocycles. The molecule has 0 aliphatic carbocycles. The van der Waals surface area contributed by atoms with Gasteiger partial charge in [0.1, 0.15) is 0 Å². The van der Waals surface area contributed by atoms with Crippen molar-refractivity contribution in [2.24, 2.45) is 5.41 Å². The van der Waals surface area contributed by atoms with Crippen molar-refractivity contribution in [3.8, 4) is 0 Å². The fraction of sp³-hybridized carbons (Fsp3) is 0.316. The molecule has 6 heteroatoms. The molecule has 25 heavy (non-hydrogen) atoms. The highest BCUT2D eigenvalue weighted by molar-refractivity contribution is 6.08. The van der Waals surface area contributed by atoms with Crippen molar-refractivity contribution >= 4 is 28.6 Å². The number of aromatic carboxylic acids is 1. The van der Waals surface area contributed by atoms with Gasteiger partial charge in [-0.15, -0.1) is 0 Å². The summed E-state index contributed by atoms with van der Waals surface area (Å²) in [6.45, 7) is 5.89. The number of hydrogen-bond donors (Lipinski definition) is 3. The molecule has 0 fully saturated rings. The normalized spacial score (nSPS) is 11.2. The lowest BCUT2D eigenvalue weighted by Crippen LogP contribution is -2.40. The van der Waals surface area contributed by atoms with E-state index in [9.17, 15) is 19.5 Å². The van der Waals surface area contributed by atoms with Gasteiger partial charge in [0.2, 0.25) is 5.91 Å². The summed E-state index contributed by atoms with van der Waals surface area (Å²) in [6.07, 6.45) is 0. The summed E-state index contributed by atoms with van der Waals surface area (Å²) >= 11 is 0. The van der Waals surface area contributed by atoms with E-state index in [-0.39, 0.29) is 30.1 Å². The van der Waals surface area contributed by atoms with Crippen LogP contribution in [0.2, 0.25) is 0 Å². The number of rotatable bonds is 5. The van der Waals surface area contributed by atoms with Gasteiger partial charge in [-0.3, -0.25) is 9.59 Å². The van der Waals surface area contributed by atoms with E-state index in [0.29, 0.717) is 0 Å². The third kappa shape index (κ3) is 4.56. The molecule has 6 nitrogen and oxygen atoms in total. The Bertz CT molecular complexity index is 822. The van der Waals surface area contributed by atoms with E-state index in [2.05, 4.69) is 10.6 Å². The molecule has 0 spiro atoms. The summed E-state index contributed by atoms with van der Waals surface area (Å²) in [7, 11) is 0. The number of carbonyl (C=O) groups is 3. The van der Waals surface area contributed by atoms with Gasteiger partial charge in [-0.05, 0) is 22.9 Å². The summed E-state index contributed by atoms with van der Waals surface area (Å²) in [5, 5.41) is 16.3. The van der Waals surface area contributed by atoms with Crippen LogP contribution in [0.5, 0.6) is 0 Å². The Morgan fingerprint density at radius 2 is 1.44 bits per heavy atom. The smallest absolute Gasteiger partial charge is 0.336 e. The largest absolute Gasteiger partial charge is 0.478 e. The second kappa shape index (κ2) is 7.34. The highest BCUT2D eigenvalue weighted by Crippen LogP contribution is 2.20. The van der Waals surface area contributed by atoms with Crippen molar-refractivity contribution in [3.05, 3.63) is 47.5 Å². The Morgan fingerprint density at radius 3 is 1.96 bits per heavy atom. The standard InChI is InChI=1S/C19H22N2O4/c1-19(2,3)18(25)21-9-8-20-16(22)14-10-12-6-4-5-7-13(12)11-15(14)17(23)24/h4-7,10-11H,8-9H2,1-3H3,(H,20,22)(H,21,25)(H,23,24). The van der Waals surface area contributed by atoms with Crippen molar-refractivity contribution in [2.75, 3.05) is 13.1 Å². The number of nitrogens with one attached hydrogen (secondary N) is 2. The molecule has 0 unspecified atom stereocenters. The lowest BCUT2D eigenvalue weighted by molar-refractivity contribution is -0.128. The van der Waals surface area contributed by atoms with E-state index in [1.54, 1.807) is 32.9 Å². The van der Waals surface area contributed by atoms with Crippen molar-refractivity contribution in [1.82, 2.24) is 10.6 Å². The average molecular weight is 342 g/mol. The zero-order valence-corrected chi connectivity index (χ0v) is 14.6. The molecule has 0 aliphatic heterocycles. The maximum Gasteiger partial charge on any atom is 0.336 e. The molecule has 0 heterocycles. The monoisotopic (exact) mass is 342 g/mol. The number of hydrogen-bond acceptors (Lipinski definition) is 3. The van der Waals surface area contributed by atoms with Gasteiger partial charge in [0, 0.05) is 18.5 Å². The van der Waals surface area contributed by atoms with Crippen molar-refractivity contribution < 1.29 is 19.5 Å². The van der Waals surface area contributed by atoms with Gasteiger partial charge >= 0.3 is 5.97 Å². The summed E-state index contributed by atoms with van der Waals surface area (Å²) in [6, 6.07) is 10.3.